The van der Waals surface area contributed by atoms with Crippen molar-refractivity contribution in [3.05, 3.63) is 58.0 Å². The van der Waals surface area contributed by atoms with Crippen LogP contribution in [0.5, 0.6) is 0 Å². The number of thiocarbonyl (C=S) groups is 1. The fourth-order valence-electron chi connectivity index (χ4n) is 2.50. The summed E-state index contributed by atoms with van der Waals surface area (Å²) in [4.78, 5) is 33.5. The summed E-state index contributed by atoms with van der Waals surface area (Å²) in [5, 5.41) is 3.43. The van der Waals surface area contributed by atoms with Gasteiger partial charge in [0.05, 0.1) is 11.2 Å². The van der Waals surface area contributed by atoms with Gasteiger partial charge in [0.1, 0.15) is 4.32 Å². The lowest BCUT2D eigenvalue weighted by molar-refractivity contribution is -0.123. The van der Waals surface area contributed by atoms with Crippen LogP contribution in [0.3, 0.4) is 0 Å². The van der Waals surface area contributed by atoms with Gasteiger partial charge in [-0.15, -0.1) is 0 Å². The molecule has 2 N–H and O–H groups in total. The number of hydrogen-bond donors (Lipinski definition) is 2. The third-order valence-corrected chi connectivity index (χ3v) is 5.47. The molecule has 1 fully saturated rings. The number of nitrogens with zero attached hydrogens (tertiary/aromatic N) is 2. The van der Waals surface area contributed by atoms with Gasteiger partial charge in [-0.1, -0.05) is 47.7 Å². The fraction of sp³-hybridized carbons (Fsp3) is 0.222. The molecule has 2 heterocycles. The average molecular weight is 421 g/mol. The Balaban J connectivity index is 1.50. The predicted octanol–water partition coefficient (Wildman–Crippen LogP) is 3.01. The highest BCUT2D eigenvalue weighted by Crippen LogP contribution is 2.32. The lowest BCUT2D eigenvalue weighted by Crippen LogP contribution is -2.34. The van der Waals surface area contributed by atoms with Crippen LogP contribution in [0, 0.1) is 0 Å². The van der Waals surface area contributed by atoms with Crippen molar-refractivity contribution >= 4 is 57.8 Å². The molecule has 0 unspecified atom stereocenters. The molecule has 2 amide bonds. The molecule has 6 nitrogen and oxygen atoms in total. The van der Waals surface area contributed by atoms with Gasteiger partial charge in [0.2, 0.25) is 5.91 Å². The third kappa shape index (κ3) is 5.41. The number of thioether (sulfide) groups is 1. The predicted molar refractivity (Wildman–Crippen MR) is 111 cm³/mol. The highest BCUT2D eigenvalue weighted by molar-refractivity contribution is 8.26. The number of benzene rings is 1. The molecule has 2 aromatic rings. The Morgan fingerprint density at radius 3 is 3.04 bits per heavy atom. The second-order valence-corrected chi connectivity index (χ2v) is 7.93. The van der Waals surface area contributed by atoms with Crippen molar-refractivity contribution in [2.75, 3.05) is 13.1 Å². The van der Waals surface area contributed by atoms with Gasteiger partial charge >= 0.3 is 0 Å². The van der Waals surface area contributed by atoms with Crippen LogP contribution in [0.2, 0.25) is 5.02 Å². The van der Waals surface area contributed by atoms with Crippen LogP contribution < -0.4 is 5.32 Å². The number of halogens is 1. The Hall–Kier alpha value is -2.16. The van der Waals surface area contributed by atoms with Gasteiger partial charge in [0.15, 0.2) is 0 Å². The topological polar surface area (TPSA) is 78.1 Å². The molecule has 0 atom stereocenters. The number of aromatic nitrogens is 2. The molecule has 0 radical (unpaired) electrons. The third-order valence-electron chi connectivity index (χ3n) is 3.85. The number of carbonyl (C=O) groups excluding carboxylic acids is 2. The summed E-state index contributed by atoms with van der Waals surface area (Å²) in [5.41, 5.74) is 1.79. The van der Waals surface area contributed by atoms with Gasteiger partial charge in [-0.3, -0.25) is 14.5 Å². The van der Waals surface area contributed by atoms with Crippen molar-refractivity contribution in [1.29, 1.82) is 0 Å². The normalized spacial score (nSPS) is 15.6. The summed E-state index contributed by atoms with van der Waals surface area (Å²) in [6.07, 6.45) is 5.95. The number of aromatic amines is 1. The highest BCUT2D eigenvalue weighted by atomic mass is 35.5. The van der Waals surface area contributed by atoms with Gasteiger partial charge in [0, 0.05) is 42.8 Å². The second kappa shape index (κ2) is 9.16. The Morgan fingerprint density at radius 2 is 2.30 bits per heavy atom. The van der Waals surface area contributed by atoms with Crippen LogP contribution in [-0.4, -0.2) is 44.1 Å². The molecule has 1 aromatic carbocycles. The minimum Gasteiger partial charge on any atom is -0.356 e. The van der Waals surface area contributed by atoms with Crippen molar-refractivity contribution in [3.63, 3.8) is 0 Å². The van der Waals surface area contributed by atoms with Crippen molar-refractivity contribution in [3.8, 4) is 0 Å². The molecule has 1 saturated heterocycles. The van der Waals surface area contributed by atoms with E-state index in [0.29, 0.717) is 27.2 Å². The van der Waals surface area contributed by atoms with E-state index in [1.807, 2.05) is 12.1 Å². The molecule has 140 valence electrons. The summed E-state index contributed by atoms with van der Waals surface area (Å²) < 4.78 is 0.457. The SMILES string of the molecule is O=C(CCN1C(=O)C(=Cc2cccc(Cl)c2)SC1=S)NCCc1cnc[nH]1. The highest BCUT2D eigenvalue weighted by Gasteiger charge is 2.32. The van der Waals surface area contributed by atoms with E-state index in [2.05, 4.69) is 15.3 Å². The zero-order chi connectivity index (χ0) is 19.2. The number of nitrogens with one attached hydrogen (secondary N) is 2. The van der Waals surface area contributed by atoms with E-state index in [1.165, 1.54) is 16.7 Å². The molecule has 27 heavy (non-hydrogen) atoms. The van der Waals surface area contributed by atoms with E-state index in [1.54, 1.807) is 30.7 Å². The summed E-state index contributed by atoms with van der Waals surface area (Å²) in [6.45, 7) is 0.765. The van der Waals surface area contributed by atoms with Crippen LogP contribution in [0.25, 0.3) is 6.08 Å². The first-order valence-electron chi connectivity index (χ1n) is 8.28. The van der Waals surface area contributed by atoms with Crippen molar-refractivity contribution in [2.24, 2.45) is 0 Å². The number of H-pyrrole nitrogens is 1. The van der Waals surface area contributed by atoms with Gasteiger partial charge in [-0.25, -0.2) is 4.98 Å². The van der Waals surface area contributed by atoms with Crippen LogP contribution in [0.4, 0.5) is 0 Å². The lowest BCUT2D eigenvalue weighted by atomic mass is 10.2. The number of imidazole rings is 1. The molecule has 1 aliphatic heterocycles. The average Bonchev–Trinajstić information content (AvgIpc) is 3.23. The van der Waals surface area contributed by atoms with Crippen molar-refractivity contribution in [2.45, 2.75) is 12.8 Å². The Morgan fingerprint density at radius 1 is 1.44 bits per heavy atom. The van der Waals surface area contributed by atoms with E-state index >= 15 is 0 Å². The van der Waals surface area contributed by atoms with E-state index in [-0.39, 0.29) is 24.8 Å². The standard InChI is InChI=1S/C18H17ClN4O2S2/c19-13-3-1-2-12(8-13)9-15-17(25)23(18(26)27-15)7-5-16(24)21-6-4-14-10-20-11-22-14/h1-3,8-11H,4-7H2,(H,20,22)(H,21,24). The molecular weight excluding hydrogens is 404 g/mol. The van der Waals surface area contributed by atoms with Crippen molar-refractivity contribution in [1.82, 2.24) is 20.2 Å². The summed E-state index contributed by atoms with van der Waals surface area (Å²) in [6, 6.07) is 7.24. The number of carbonyl (C=O) groups is 2. The molecule has 0 saturated carbocycles. The first-order chi connectivity index (χ1) is 13.0. The van der Waals surface area contributed by atoms with E-state index in [0.717, 1.165) is 11.3 Å². The van der Waals surface area contributed by atoms with E-state index in [9.17, 15) is 9.59 Å². The van der Waals surface area contributed by atoms with Crippen LogP contribution in [0.15, 0.2) is 41.7 Å². The quantitative estimate of drug-likeness (QED) is 0.531. The number of hydrogen-bond acceptors (Lipinski definition) is 5. The molecule has 0 bridgehead atoms. The first kappa shape index (κ1) is 19.6. The van der Waals surface area contributed by atoms with E-state index < -0.39 is 0 Å². The second-order valence-electron chi connectivity index (χ2n) is 5.82. The van der Waals surface area contributed by atoms with Gasteiger partial charge < -0.3 is 10.3 Å². The minimum atomic E-state index is -0.185. The first-order valence-corrected chi connectivity index (χ1v) is 9.88. The Bertz CT molecular complexity index is 883. The zero-order valence-corrected chi connectivity index (χ0v) is 16.7. The maximum Gasteiger partial charge on any atom is 0.266 e. The largest absolute Gasteiger partial charge is 0.356 e. The maximum absolute atomic E-state index is 12.6. The minimum absolute atomic E-state index is 0.123. The van der Waals surface area contributed by atoms with Crippen LogP contribution in [0.1, 0.15) is 17.7 Å². The summed E-state index contributed by atoms with van der Waals surface area (Å²) >= 11 is 12.5. The maximum atomic E-state index is 12.6. The molecule has 0 spiro atoms. The molecule has 0 aliphatic carbocycles. The Labute approximate surface area is 171 Å². The van der Waals surface area contributed by atoms with E-state index in [4.69, 9.17) is 23.8 Å². The summed E-state index contributed by atoms with van der Waals surface area (Å²) in [7, 11) is 0. The zero-order valence-electron chi connectivity index (χ0n) is 14.3. The summed E-state index contributed by atoms with van der Waals surface area (Å²) in [5.74, 6) is -0.308. The fourth-order valence-corrected chi connectivity index (χ4v) is 4.01. The molecular formula is C18H17ClN4O2S2. The molecule has 1 aliphatic rings. The number of amides is 2. The van der Waals surface area contributed by atoms with Gasteiger partial charge in [0.25, 0.3) is 5.91 Å². The smallest absolute Gasteiger partial charge is 0.266 e. The van der Waals surface area contributed by atoms with Crippen LogP contribution in [-0.2, 0) is 16.0 Å². The monoisotopic (exact) mass is 420 g/mol. The molecule has 9 heteroatoms. The van der Waals surface area contributed by atoms with Gasteiger partial charge in [-0.05, 0) is 23.8 Å². The number of rotatable bonds is 7. The Kier molecular flexibility index (Phi) is 6.65. The molecule has 1 aromatic heterocycles. The lowest BCUT2D eigenvalue weighted by Gasteiger charge is -2.14. The van der Waals surface area contributed by atoms with Gasteiger partial charge in [-0.2, -0.15) is 0 Å². The van der Waals surface area contributed by atoms with Crippen molar-refractivity contribution < 1.29 is 9.59 Å². The van der Waals surface area contributed by atoms with Crippen LogP contribution >= 0.6 is 35.6 Å². The molecule has 3 rings (SSSR count).